The molecule has 1 nitrogen and oxygen atoms in total. The van der Waals surface area contributed by atoms with Gasteiger partial charge in [0.1, 0.15) is 5.78 Å². The van der Waals surface area contributed by atoms with Gasteiger partial charge in [-0.1, -0.05) is 53.9 Å². The summed E-state index contributed by atoms with van der Waals surface area (Å²) in [4.78, 5) is 12.1. The molecule has 5 aliphatic carbocycles. The Morgan fingerprint density at radius 1 is 0.844 bits per heavy atom. The van der Waals surface area contributed by atoms with Crippen LogP contribution in [-0.2, 0) is 4.79 Å². The van der Waals surface area contributed by atoms with Gasteiger partial charge in [0.05, 0.1) is 0 Å². The average molecular weight is 441 g/mol. The van der Waals surface area contributed by atoms with Crippen LogP contribution in [0.4, 0.5) is 0 Å². The van der Waals surface area contributed by atoms with Crippen LogP contribution in [0.1, 0.15) is 131 Å². The first-order chi connectivity index (χ1) is 15.2. The predicted molar refractivity (Wildman–Crippen MR) is 134 cm³/mol. The van der Waals surface area contributed by atoms with Crippen LogP contribution in [0.3, 0.4) is 0 Å². The van der Waals surface area contributed by atoms with E-state index in [1.165, 1.54) is 83.5 Å². The first-order valence-electron chi connectivity index (χ1n) is 14.7. The van der Waals surface area contributed by atoms with Gasteiger partial charge in [0.15, 0.2) is 0 Å². The third-order valence-corrected chi connectivity index (χ3v) is 12.6. The van der Waals surface area contributed by atoms with Crippen molar-refractivity contribution in [1.82, 2.24) is 0 Å². The van der Waals surface area contributed by atoms with Crippen LogP contribution >= 0.6 is 0 Å². The highest BCUT2D eigenvalue weighted by molar-refractivity contribution is 5.81. The summed E-state index contributed by atoms with van der Waals surface area (Å²) in [6.45, 7) is 12.8. The quantitative estimate of drug-likeness (QED) is 0.417. The van der Waals surface area contributed by atoms with Gasteiger partial charge in [-0.05, 0) is 122 Å². The van der Waals surface area contributed by atoms with Gasteiger partial charge in [-0.3, -0.25) is 4.79 Å². The zero-order valence-electron chi connectivity index (χ0n) is 22.1. The number of ketones is 1. The van der Waals surface area contributed by atoms with Crippen molar-refractivity contribution in [3.8, 4) is 0 Å². The third-order valence-electron chi connectivity index (χ3n) is 12.6. The minimum Gasteiger partial charge on any atom is -0.300 e. The first kappa shape index (κ1) is 23.4. The number of rotatable bonds is 5. The van der Waals surface area contributed by atoms with Gasteiger partial charge in [-0.25, -0.2) is 0 Å². The summed E-state index contributed by atoms with van der Waals surface area (Å²) in [7, 11) is 0. The van der Waals surface area contributed by atoms with E-state index in [9.17, 15) is 4.79 Å². The molecule has 1 spiro atoms. The number of hydrogen-bond acceptors (Lipinski definition) is 1. The summed E-state index contributed by atoms with van der Waals surface area (Å²) in [6.07, 6.45) is 20.5. The molecular weight excluding hydrogens is 388 g/mol. The van der Waals surface area contributed by atoms with Gasteiger partial charge in [-0.2, -0.15) is 0 Å². The van der Waals surface area contributed by atoms with E-state index in [2.05, 4.69) is 34.6 Å². The number of carbonyl (C=O) groups is 1. The first-order valence-corrected chi connectivity index (χ1v) is 14.7. The van der Waals surface area contributed by atoms with E-state index in [-0.39, 0.29) is 0 Å². The van der Waals surface area contributed by atoms with Crippen molar-refractivity contribution in [2.75, 3.05) is 0 Å². The molecular formula is C31H52O. The largest absolute Gasteiger partial charge is 0.300 e. The smallest absolute Gasteiger partial charge is 0.133 e. The highest BCUT2D eigenvalue weighted by Crippen LogP contribution is 2.70. The monoisotopic (exact) mass is 440 g/mol. The third kappa shape index (κ3) is 3.75. The molecule has 0 aliphatic heterocycles. The molecule has 0 bridgehead atoms. The highest BCUT2D eigenvalue weighted by atomic mass is 16.1. The van der Waals surface area contributed by atoms with Crippen LogP contribution in [0.2, 0.25) is 0 Å². The van der Waals surface area contributed by atoms with Gasteiger partial charge in [0, 0.05) is 12.8 Å². The molecule has 5 fully saturated rings. The molecule has 0 heterocycles. The minimum atomic E-state index is 0.418. The Morgan fingerprint density at radius 3 is 2.34 bits per heavy atom. The highest BCUT2D eigenvalue weighted by Gasteiger charge is 2.62. The summed E-state index contributed by atoms with van der Waals surface area (Å²) in [5.74, 6) is 7.20. The van der Waals surface area contributed by atoms with Gasteiger partial charge in [-0.15, -0.1) is 0 Å². The average Bonchev–Trinajstić information content (AvgIpc) is 3.28. The minimum absolute atomic E-state index is 0.418. The molecule has 1 heteroatoms. The molecule has 0 amide bonds. The number of fused-ring (bicyclic) bond motifs is 5. The Hall–Kier alpha value is -0.330. The lowest BCUT2D eigenvalue weighted by Crippen LogP contribution is -2.54. The number of Topliss-reactive ketones (excluding diaryl/α,β-unsaturated/α-hetero) is 1. The zero-order valence-corrected chi connectivity index (χ0v) is 22.1. The normalized spacial score (nSPS) is 49.2. The van der Waals surface area contributed by atoms with Crippen molar-refractivity contribution in [1.29, 1.82) is 0 Å². The Balaban J connectivity index is 1.28. The van der Waals surface area contributed by atoms with E-state index in [4.69, 9.17) is 0 Å². The van der Waals surface area contributed by atoms with E-state index in [1.807, 2.05) is 0 Å². The van der Waals surface area contributed by atoms with Crippen molar-refractivity contribution < 1.29 is 4.79 Å². The fourth-order valence-electron chi connectivity index (χ4n) is 10.8. The van der Waals surface area contributed by atoms with Crippen molar-refractivity contribution in [3.05, 3.63) is 0 Å². The molecule has 9 atom stereocenters. The fourth-order valence-corrected chi connectivity index (χ4v) is 10.8. The van der Waals surface area contributed by atoms with Crippen molar-refractivity contribution >= 4 is 5.78 Å². The molecule has 182 valence electrons. The summed E-state index contributed by atoms with van der Waals surface area (Å²) in [5, 5.41) is 0. The zero-order chi connectivity index (χ0) is 22.7. The maximum atomic E-state index is 12.1. The number of hydrogen-bond donors (Lipinski definition) is 0. The lowest BCUT2D eigenvalue weighted by molar-refractivity contribution is -0.135. The predicted octanol–water partition coefficient (Wildman–Crippen LogP) is 8.85. The molecule has 0 saturated heterocycles. The molecule has 0 aromatic heterocycles. The van der Waals surface area contributed by atoms with E-state index in [1.54, 1.807) is 0 Å². The van der Waals surface area contributed by atoms with Gasteiger partial charge < -0.3 is 0 Å². The van der Waals surface area contributed by atoms with Crippen LogP contribution in [0.25, 0.3) is 0 Å². The SMILES string of the molecule is CC(C)CCC[C@@H](C)[C@H]1CC[C@H]2[C@@H]3CC[C@H]4C[C@@]5(CCC(=O)C5)CC[C@]4(C)[C@H]3CC[C@]12C. The molecule has 0 radical (unpaired) electrons. The summed E-state index contributed by atoms with van der Waals surface area (Å²) in [6, 6.07) is 0. The van der Waals surface area contributed by atoms with E-state index in [0.29, 0.717) is 22.0 Å². The topological polar surface area (TPSA) is 17.1 Å². The molecule has 5 aliphatic rings. The Kier molecular flexibility index (Phi) is 6.15. The maximum absolute atomic E-state index is 12.1. The summed E-state index contributed by atoms with van der Waals surface area (Å²) >= 11 is 0. The molecule has 0 aromatic rings. The summed E-state index contributed by atoms with van der Waals surface area (Å²) < 4.78 is 0. The van der Waals surface area contributed by atoms with Gasteiger partial charge >= 0.3 is 0 Å². The molecule has 5 saturated carbocycles. The number of carbonyl (C=O) groups excluding carboxylic acids is 1. The van der Waals surface area contributed by atoms with Gasteiger partial charge in [0.2, 0.25) is 0 Å². The van der Waals surface area contributed by atoms with Gasteiger partial charge in [0.25, 0.3) is 0 Å². The van der Waals surface area contributed by atoms with Crippen LogP contribution in [0.5, 0.6) is 0 Å². The Labute approximate surface area is 199 Å². The van der Waals surface area contributed by atoms with Crippen LogP contribution in [0, 0.1) is 57.7 Å². The molecule has 32 heavy (non-hydrogen) atoms. The van der Waals surface area contributed by atoms with E-state index in [0.717, 1.165) is 54.3 Å². The summed E-state index contributed by atoms with van der Waals surface area (Å²) in [5.41, 5.74) is 1.61. The van der Waals surface area contributed by atoms with Crippen LogP contribution in [0.15, 0.2) is 0 Å². The maximum Gasteiger partial charge on any atom is 0.133 e. The lowest BCUT2D eigenvalue weighted by Gasteiger charge is -2.62. The standard InChI is InChI=1S/C31H52O/c1-21(2)7-6-8-22(3)26-11-12-27-25-10-9-23-19-31(16-13-24(32)20-31)18-17-29(23,4)28(25)14-15-30(26,27)5/h21-23,25-28H,6-20H2,1-5H3/t22-,23+,25+,26-,27+,28+,29+,30-,31-/m1/s1. The second-order valence-corrected chi connectivity index (χ2v) is 14.6. The van der Waals surface area contributed by atoms with Crippen molar-refractivity contribution in [2.45, 2.75) is 131 Å². The second-order valence-electron chi connectivity index (χ2n) is 14.6. The molecule has 0 aromatic carbocycles. The Bertz CT molecular complexity index is 709. The van der Waals surface area contributed by atoms with Crippen molar-refractivity contribution in [2.24, 2.45) is 57.7 Å². The molecule has 0 unspecified atom stereocenters. The fraction of sp³-hybridized carbons (Fsp3) is 0.968. The Morgan fingerprint density at radius 2 is 1.62 bits per heavy atom. The van der Waals surface area contributed by atoms with Crippen molar-refractivity contribution in [3.63, 3.8) is 0 Å². The lowest BCUT2D eigenvalue weighted by atomic mass is 9.42. The molecule has 0 N–H and O–H groups in total. The molecule has 5 rings (SSSR count). The van der Waals surface area contributed by atoms with E-state index < -0.39 is 0 Å². The van der Waals surface area contributed by atoms with Crippen LogP contribution < -0.4 is 0 Å². The van der Waals surface area contributed by atoms with Crippen LogP contribution in [-0.4, -0.2) is 5.78 Å². The second kappa shape index (κ2) is 8.41. The van der Waals surface area contributed by atoms with E-state index >= 15 is 0 Å².